The molecule has 0 aliphatic rings. The van der Waals surface area contributed by atoms with Gasteiger partial charge in [0.1, 0.15) is 0 Å². The van der Waals surface area contributed by atoms with Gasteiger partial charge in [0.2, 0.25) is 5.91 Å². The summed E-state index contributed by atoms with van der Waals surface area (Å²) >= 11 is 1.26. The zero-order chi connectivity index (χ0) is 19.3. The number of carbonyl (C=O) groups excluding carboxylic acids is 2. The predicted octanol–water partition coefficient (Wildman–Crippen LogP) is 2.91. The lowest BCUT2D eigenvalue weighted by molar-refractivity contribution is -0.387. The maximum Gasteiger partial charge on any atom is 0.284 e. The van der Waals surface area contributed by atoms with Gasteiger partial charge in [0.25, 0.3) is 11.6 Å². The van der Waals surface area contributed by atoms with Gasteiger partial charge in [0, 0.05) is 37.7 Å². The molecule has 2 aromatic rings. The molecule has 0 N–H and O–H groups in total. The zero-order valence-electron chi connectivity index (χ0n) is 14.7. The van der Waals surface area contributed by atoms with Gasteiger partial charge in [-0.25, -0.2) is 0 Å². The van der Waals surface area contributed by atoms with Crippen LogP contribution < -0.4 is 0 Å². The van der Waals surface area contributed by atoms with Gasteiger partial charge in [-0.2, -0.15) is 0 Å². The Morgan fingerprint density at radius 3 is 2.31 bits per heavy atom. The number of hydrogen-bond donors (Lipinski definition) is 0. The summed E-state index contributed by atoms with van der Waals surface area (Å²) in [5, 5.41) is 11.4. The van der Waals surface area contributed by atoms with Crippen LogP contribution in [-0.2, 0) is 4.79 Å². The number of rotatable bonds is 6. The first-order valence-electron chi connectivity index (χ1n) is 7.76. The third-order valence-electron chi connectivity index (χ3n) is 3.59. The van der Waals surface area contributed by atoms with E-state index < -0.39 is 10.8 Å². The molecule has 0 aliphatic heterocycles. The lowest BCUT2D eigenvalue weighted by Gasteiger charge is -2.19. The number of benzene rings is 2. The Bertz CT molecular complexity index is 824. The molecule has 0 saturated heterocycles. The first-order valence-corrected chi connectivity index (χ1v) is 8.58. The molecule has 0 saturated carbocycles. The van der Waals surface area contributed by atoms with Crippen LogP contribution in [0.4, 0.5) is 5.69 Å². The molecule has 0 spiro atoms. The zero-order valence-corrected chi connectivity index (χ0v) is 15.5. The number of amides is 2. The second-order valence-electron chi connectivity index (χ2n) is 5.80. The van der Waals surface area contributed by atoms with E-state index in [4.69, 9.17) is 0 Å². The van der Waals surface area contributed by atoms with Crippen molar-refractivity contribution in [3.63, 3.8) is 0 Å². The molecule has 2 aromatic carbocycles. The second-order valence-corrected chi connectivity index (χ2v) is 6.92. The largest absolute Gasteiger partial charge is 0.347 e. The smallest absolute Gasteiger partial charge is 0.284 e. The number of hydrogen-bond acceptors (Lipinski definition) is 5. The van der Waals surface area contributed by atoms with Crippen LogP contribution in [0.5, 0.6) is 0 Å². The van der Waals surface area contributed by atoms with Crippen molar-refractivity contribution in [2.45, 2.75) is 9.79 Å². The van der Waals surface area contributed by atoms with Crippen molar-refractivity contribution in [1.82, 2.24) is 9.80 Å². The van der Waals surface area contributed by atoms with Crippen LogP contribution >= 0.6 is 11.8 Å². The van der Waals surface area contributed by atoms with E-state index in [-0.39, 0.29) is 23.7 Å². The number of likely N-dealkylation sites (N-methyl/N-ethyl adjacent to an activating group) is 2. The third-order valence-corrected chi connectivity index (χ3v) is 4.66. The SMILES string of the molecule is CN(C)C(=O)CN(C)C(=O)c1ccc(Sc2ccccc2)c([N+](=O)[O-])c1. The molecule has 8 heteroatoms. The lowest BCUT2D eigenvalue weighted by atomic mass is 10.2. The third kappa shape index (κ3) is 4.82. The fraction of sp³-hybridized carbons (Fsp3) is 0.222. The molecule has 2 rings (SSSR count). The average molecular weight is 373 g/mol. The number of nitro groups is 1. The van der Waals surface area contributed by atoms with Crippen molar-refractivity contribution < 1.29 is 14.5 Å². The highest BCUT2D eigenvalue weighted by atomic mass is 32.2. The fourth-order valence-electron chi connectivity index (χ4n) is 2.13. The van der Waals surface area contributed by atoms with Gasteiger partial charge in [0.05, 0.1) is 16.4 Å². The van der Waals surface area contributed by atoms with Crippen LogP contribution in [0.15, 0.2) is 58.3 Å². The molecule has 0 atom stereocenters. The Kier molecular flexibility index (Phi) is 6.35. The fourth-order valence-corrected chi connectivity index (χ4v) is 3.05. The minimum Gasteiger partial charge on any atom is -0.347 e. The highest BCUT2D eigenvalue weighted by molar-refractivity contribution is 7.99. The Morgan fingerprint density at radius 2 is 1.73 bits per heavy atom. The van der Waals surface area contributed by atoms with Gasteiger partial charge >= 0.3 is 0 Å². The van der Waals surface area contributed by atoms with Crippen molar-refractivity contribution in [2.24, 2.45) is 0 Å². The maximum atomic E-state index is 12.5. The monoisotopic (exact) mass is 373 g/mol. The Hall–Kier alpha value is -2.87. The highest BCUT2D eigenvalue weighted by Gasteiger charge is 2.21. The van der Waals surface area contributed by atoms with Crippen molar-refractivity contribution in [3.05, 3.63) is 64.2 Å². The van der Waals surface area contributed by atoms with E-state index in [2.05, 4.69) is 0 Å². The topological polar surface area (TPSA) is 83.8 Å². The number of nitro benzene ring substituents is 1. The molecule has 0 radical (unpaired) electrons. The van der Waals surface area contributed by atoms with Crippen LogP contribution in [0.2, 0.25) is 0 Å². The van der Waals surface area contributed by atoms with Gasteiger partial charge < -0.3 is 9.80 Å². The molecule has 26 heavy (non-hydrogen) atoms. The minimum atomic E-state index is -0.507. The van der Waals surface area contributed by atoms with Gasteiger partial charge in [-0.15, -0.1) is 0 Å². The van der Waals surface area contributed by atoms with E-state index in [1.54, 1.807) is 20.2 Å². The summed E-state index contributed by atoms with van der Waals surface area (Å²) < 4.78 is 0. The standard InChI is InChI=1S/C18H19N3O4S/c1-19(2)17(22)12-20(3)18(23)13-9-10-16(15(11-13)21(24)25)26-14-7-5-4-6-8-14/h4-11H,12H2,1-3H3. The van der Waals surface area contributed by atoms with Gasteiger partial charge in [-0.1, -0.05) is 30.0 Å². The normalized spacial score (nSPS) is 10.3. The summed E-state index contributed by atoms with van der Waals surface area (Å²) in [6, 6.07) is 13.6. The van der Waals surface area contributed by atoms with E-state index in [1.807, 2.05) is 30.3 Å². The average Bonchev–Trinajstić information content (AvgIpc) is 2.61. The van der Waals surface area contributed by atoms with Crippen LogP contribution in [0.1, 0.15) is 10.4 Å². The highest BCUT2D eigenvalue weighted by Crippen LogP contribution is 2.35. The van der Waals surface area contributed by atoms with Crippen LogP contribution in [-0.4, -0.2) is 54.2 Å². The molecule has 7 nitrogen and oxygen atoms in total. The summed E-state index contributed by atoms with van der Waals surface area (Å²) in [6.07, 6.45) is 0. The molecule has 136 valence electrons. The number of carbonyl (C=O) groups is 2. The molecule has 0 unspecified atom stereocenters. The molecular formula is C18H19N3O4S. The minimum absolute atomic E-state index is 0.0971. The van der Waals surface area contributed by atoms with Gasteiger partial charge in [-0.05, 0) is 24.3 Å². The van der Waals surface area contributed by atoms with Crippen LogP contribution in [0.25, 0.3) is 0 Å². The van der Waals surface area contributed by atoms with Crippen molar-refractivity contribution >= 4 is 29.3 Å². The summed E-state index contributed by atoms with van der Waals surface area (Å²) in [7, 11) is 4.68. The Labute approximate surface area is 155 Å². The molecule has 0 bridgehead atoms. The van der Waals surface area contributed by atoms with E-state index in [1.165, 1.54) is 40.7 Å². The van der Waals surface area contributed by atoms with Crippen molar-refractivity contribution in [3.8, 4) is 0 Å². The summed E-state index contributed by atoms with van der Waals surface area (Å²) in [4.78, 5) is 39.1. The van der Waals surface area contributed by atoms with E-state index in [0.717, 1.165) is 4.90 Å². The summed E-state index contributed by atoms with van der Waals surface area (Å²) in [6.45, 7) is -0.0971. The first kappa shape index (κ1) is 19.5. The molecule has 0 aliphatic carbocycles. The maximum absolute atomic E-state index is 12.5. The summed E-state index contributed by atoms with van der Waals surface area (Å²) in [5.74, 6) is -0.675. The second kappa shape index (κ2) is 8.48. The van der Waals surface area contributed by atoms with E-state index >= 15 is 0 Å². The molecule has 0 heterocycles. The van der Waals surface area contributed by atoms with Crippen LogP contribution in [0.3, 0.4) is 0 Å². The van der Waals surface area contributed by atoms with E-state index in [0.29, 0.717) is 4.90 Å². The Morgan fingerprint density at radius 1 is 1.08 bits per heavy atom. The molecule has 0 fully saturated rings. The lowest BCUT2D eigenvalue weighted by Crippen LogP contribution is -2.37. The van der Waals surface area contributed by atoms with Crippen molar-refractivity contribution in [1.29, 1.82) is 0 Å². The van der Waals surface area contributed by atoms with Gasteiger partial charge in [-0.3, -0.25) is 19.7 Å². The number of nitrogens with zero attached hydrogens (tertiary/aromatic N) is 3. The molecule has 2 amide bonds. The van der Waals surface area contributed by atoms with E-state index in [9.17, 15) is 19.7 Å². The quantitative estimate of drug-likeness (QED) is 0.574. The van der Waals surface area contributed by atoms with Gasteiger partial charge in [0.15, 0.2) is 0 Å². The molecular weight excluding hydrogens is 354 g/mol. The van der Waals surface area contributed by atoms with Crippen molar-refractivity contribution in [2.75, 3.05) is 27.7 Å². The predicted molar refractivity (Wildman–Crippen MR) is 99.3 cm³/mol. The Balaban J connectivity index is 2.26. The molecule has 0 aromatic heterocycles. The summed E-state index contributed by atoms with van der Waals surface area (Å²) in [5.41, 5.74) is 0.0280. The van der Waals surface area contributed by atoms with Crippen LogP contribution in [0, 0.1) is 10.1 Å². The first-order chi connectivity index (χ1) is 12.3.